The van der Waals surface area contributed by atoms with E-state index in [0.717, 1.165) is 0 Å². The molecular formula is C23H18N6O5. The van der Waals surface area contributed by atoms with Crippen LogP contribution in [0.15, 0.2) is 59.8 Å². The number of nitrogens with one attached hydrogen (secondary N) is 2. The Morgan fingerprint density at radius 2 is 1.97 bits per heavy atom. The lowest BCUT2D eigenvalue weighted by molar-refractivity contribution is -0.122. The van der Waals surface area contributed by atoms with Crippen molar-refractivity contribution >= 4 is 34.2 Å². The van der Waals surface area contributed by atoms with Gasteiger partial charge >= 0.3 is 0 Å². The van der Waals surface area contributed by atoms with Gasteiger partial charge in [0.1, 0.15) is 5.39 Å². The van der Waals surface area contributed by atoms with Crippen molar-refractivity contribution in [2.45, 2.75) is 6.42 Å². The van der Waals surface area contributed by atoms with Crippen LogP contribution in [0, 0.1) is 5.92 Å². The largest absolute Gasteiger partial charge is 0.454 e. The first-order valence-electron chi connectivity index (χ1n) is 10.6. The Kier molecular flexibility index (Phi) is 4.54. The minimum Gasteiger partial charge on any atom is -0.454 e. The van der Waals surface area contributed by atoms with Gasteiger partial charge in [0.05, 0.1) is 29.8 Å². The van der Waals surface area contributed by atoms with E-state index in [1.165, 1.54) is 17.2 Å². The summed E-state index contributed by atoms with van der Waals surface area (Å²) >= 11 is 0. The number of hydrogen-bond donors (Lipinski definition) is 2. The second-order valence-electron chi connectivity index (χ2n) is 7.97. The van der Waals surface area contributed by atoms with Crippen LogP contribution in [-0.2, 0) is 9.59 Å². The Balaban J connectivity index is 1.25. The fraction of sp³-hybridized carbons (Fsp3) is 0.174. The number of amides is 2. The van der Waals surface area contributed by atoms with Gasteiger partial charge in [0, 0.05) is 24.7 Å². The van der Waals surface area contributed by atoms with Crippen molar-refractivity contribution in [1.82, 2.24) is 19.7 Å². The van der Waals surface area contributed by atoms with Gasteiger partial charge in [0.15, 0.2) is 17.1 Å². The number of aromatic nitrogens is 4. The molecule has 1 atom stereocenters. The molecule has 0 spiro atoms. The maximum Gasteiger partial charge on any atom is 0.261 e. The number of anilines is 2. The molecule has 1 saturated heterocycles. The molecule has 0 radical (unpaired) electrons. The Hall–Kier alpha value is -4.67. The number of ether oxygens (including phenoxy) is 2. The lowest BCUT2D eigenvalue weighted by Crippen LogP contribution is -2.28. The van der Waals surface area contributed by atoms with Crippen LogP contribution in [0.4, 0.5) is 11.4 Å². The van der Waals surface area contributed by atoms with Crippen LogP contribution in [0.2, 0.25) is 0 Å². The fourth-order valence-corrected chi connectivity index (χ4v) is 4.22. The molecule has 2 aliphatic heterocycles. The Morgan fingerprint density at radius 1 is 1.12 bits per heavy atom. The zero-order chi connectivity index (χ0) is 23.2. The van der Waals surface area contributed by atoms with Crippen LogP contribution < -0.4 is 25.2 Å². The van der Waals surface area contributed by atoms with Crippen LogP contribution in [0.1, 0.15) is 6.42 Å². The minimum absolute atomic E-state index is 0.0874. The second kappa shape index (κ2) is 7.73. The third kappa shape index (κ3) is 3.25. The van der Waals surface area contributed by atoms with E-state index in [1.54, 1.807) is 47.4 Å². The third-order valence-corrected chi connectivity index (χ3v) is 5.92. The van der Waals surface area contributed by atoms with Crippen molar-refractivity contribution in [3.8, 4) is 17.2 Å². The summed E-state index contributed by atoms with van der Waals surface area (Å²) < 4.78 is 12.2. The maximum absolute atomic E-state index is 13.1. The Labute approximate surface area is 191 Å². The zero-order valence-electron chi connectivity index (χ0n) is 17.7. The lowest BCUT2D eigenvalue weighted by Gasteiger charge is -2.17. The summed E-state index contributed by atoms with van der Waals surface area (Å²) in [5.74, 6) is 0.233. The van der Waals surface area contributed by atoms with Crippen molar-refractivity contribution in [2.75, 3.05) is 23.6 Å². The molecule has 2 N–H and O–H groups in total. The molecule has 11 heteroatoms. The van der Waals surface area contributed by atoms with Gasteiger partial charge in [-0.25, -0.2) is 9.67 Å². The predicted molar refractivity (Wildman–Crippen MR) is 121 cm³/mol. The van der Waals surface area contributed by atoms with E-state index >= 15 is 0 Å². The highest BCUT2D eigenvalue weighted by atomic mass is 16.7. The van der Waals surface area contributed by atoms with Gasteiger partial charge in [-0.05, 0) is 24.3 Å². The summed E-state index contributed by atoms with van der Waals surface area (Å²) in [4.78, 5) is 46.2. The van der Waals surface area contributed by atoms with Crippen molar-refractivity contribution in [1.29, 1.82) is 0 Å². The molecule has 2 aliphatic rings. The van der Waals surface area contributed by atoms with E-state index in [1.807, 2.05) is 0 Å². The standard InChI is InChI=1S/C23H18N6O5/c30-20-7-13(10-28(20)14-5-6-18-19(8-14)34-12-33-18)22(31)27-16-3-1-2-4-17(16)29-21-15(9-26-29)23(32)25-11-24-21/h1-6,8-9,11,13H,7,10,12H2,(H,27,31)(H,24,25,32). The lowest BCUT2D eigenvalue weighted by atomic mass is 10.1. The number of H-pyrrole nitrogens is 1. The number of para-hydroxylation sites is 2. The van der Waals surface area contributed by atoms with Crippen molar-refractivity contribution in [3.63, 3.8) is 0 Å². The van der Waals surface area contributed by atoms with Crippen LogP contribution in [0.3, 0.4) is 0 Å². The van der Waals surface area contributed by atoms with Crippen LogP contribution >= 0.6 is 0 Å². The highest BCUT2D eigenvalue weighted by Crippen LogP contribution is 2.37. The molecule has 170 valence electrons. The average Bonchev–Trinajstić information content (AvgIpc) is 3.57. The first-order valence-corrected chi connectivity index (χ1v) is 10.6. The van der Waals surface area contributed by atoms with Gasteiger partial charge in [-0.2, -0.15) is 5.10 Å². The highest BCUT2D eigenvalue weighted by Gasteiger charge is 2.36. The summed E-state index contributed by atoms with van der Waals surface area (Å²) in [6.07, 6.45) is 2.82. The molecule has 2 amide bonds. The number of benzene rings is 2. The molecule has 1 fully saturated rings. The van der Waals surface area contributed by atoms with Crippen molar-refractivity contribution in [2.24, 2.45) is 5.92 Å². The van der Waals surface area contributed by atoms with E-state index in [-0.39, 0.29) is 37.1 Å². The van der Waals surface area contributed by atoms with E-state index < -0.39 is 5.92 Å². The molecule has 6 rings (SSSR count). The van der Waals surface area contributed by atoms with E-state index in [0.29, 0.717) is 39.6 Å². The number of hydrogen-bond acceptors (Lipinski definition) is 7. The number of rotatable bonds is 4. The SMILES string of the molecule is O=C(Nc1ccccc1-n1ncc2c(=O)[nH]cnc21)C1CC(=O)N(c2ccc3c(c2)OCO3)C1. The summed E-state index contributed by atoms with van der Waals surface area (Å²) in [6.45, 7) is 0.390. The zero-order valence-corrected chi connectivity index (χ0v) is 17.7. The first-order chi connectivity index (χ1) is 16.6. The molecule has 1 unspecified atom stereocenters. The number of carbonyl (C=O) groups is 2. The molecule has 0 bridgehead atoms. The predicted octanol–water partition coefficient (Wildman–Crippen LogP) is 1.83. The van der Waals surface area contributed by atoms with Crippen LogP contribution in [0.5, 0.6) is 11.5 Å². The van der Waals surface area contributed by atoms with Gasteiger partial charge in [-0.15, -0.1) is 0 Å². The van der Waals surface area contributed by atoms with Gasteiger partial charge < -0.3 is 24.7 Å². The molecule has 0 saturated carbocycles. The average molecular weight is 458 g/mol. The van der Waals surface area contributed by atoms with Crippen LogP contribution in [0.25, 0.3) is 16.7 Å². The molecule has 4 heterocycles. The van der Waals surface area contributed by atoms with E-state index in [9.17, 15) is 14.4 Å². The summed E-state index contributed by atoms with van der Waals surface area (Å²) in [6, 6.07) is 12.4. The molecule has 2 aromatic heterocycles. The molecular weight excluding hydrogens is 440 g/mol. The highest BCUT2D eigenvalue weighted by molar-refractivity contribution is 6.04. The minimum atomic E-state index is -0.540. The van der Waals surface area contributed by atoms with Gasteiger partial charge in [0.25, 0.3) is 5.56 Å². The summed E-state index contributed by atoms with van der Waals surface area (Å²) in [5, 5.41) is 7.54. The number of fused-ring (bicyclic) bond motifs is 2. The topological polar surface area (TPSA) is 131 Å². The maximum atomic E-state index is 13.1. The van der Waals surface area contributed by atoms with Gasteiger partial charge in [-0.1, -0.05) is 12.1 Å². The Morgan fingerprint density at radius 3 is 2.88 bits per heavy atom. The second-order valence-corrected chi connectivity index (χ2v) is 7.97. The fourth-order valence-electron chi connectivity index (χ4n) is 4.22. The third-order valence-electron chi connectivity index (χ3n) is 5.92. The molecule has 11 nitrogen and oxygen atoms in total. The monoisotopic (exact) mass is 458 g/mol. The first kappa shape index (κ1) is 20.0. The Bertz CT molecular complexity index is 1510. The number of carbonyl (C=O) groups excluding carboxylic acids is 2. The summed E-state index contributed by atoms with van der Waals surface area (Å²) in [5.41, 5.74) is 1.78. The van der Waals surface area contributed by atoms with E-state index in [2.05, 4.69) is 20.4 Å². The van der Waals surface area contributed by atoms with Crippen molar-refractivity contribution < 1.29 is 19.1 Å². The molecule has 0 aliphatic carbocycles. The van der Waals surface area contributed by atoms with Crippen LogP contribution in [-0.4, -0.2) is 44.9 Å². The number of aromatic amines is 1. The van der Waals surface area contributed by atoms with E-state index in [4.69, 9.17) is 9.47 Å². The van der Waals surface area contributed by atoms with Gasteiger partial charge in [-0.3, -0.25) is 14.4 Å². The molecule has 2 aromatic carbocycles. The smallest absolute Gasteiger partial charge is 0.261 e. The quantitative estimate of drug-likeness (QED) is 0.477. The summed E-state index contributed by atoms with van der Waals surface area (Å²) in [7, 11) is 0. The van der Waals surface area contributed by atoms with Crippen molar-refractivity contribution in [3.05, 3.63) is 65.3 Å². The van der Waals surface area contributed by atoms with Gasteiger partial charge in [0.2, 0.25) is 18.6 Å². The normalized spacial score (nSPS) is 16.9. The number of nitrogens with zero attached hydrogens (tertiary/aromatic N) is 4. The molecule has 34 heavy (non-hydrogen) atoms. The molecule has 4 aromatic rings.